The Balaban J connectivity index is 1.52. The van der Waals surface area contributed by atoms with Crippen LogP contribution in [0.2, 0.25) is 0 Å². The van der Waals surface area contributed by atoms with Gasteiger partial charge in [0.1, 0.15) is 5.75 Å². The second-order valence-corrected chi connectivity index (χ2v) is 6.08. The number of benzene rings is 2. The standard InChI is InChI=1S/C19H21N3O5/c1-26-18-13-16(7-8-17(18)22(24)25)27-14-19(23)21-11-9-20(10-12-21)15-5-3-2-4-6-15/h2-8,13H,9-12,14H2,1H3. The molecule has 1 aliphatic heterocycles. The van der Waals surface area contributed by atoms with Crippen molar-refractivity contribution in [1.82, 2.24) is 4.90 Å². The number of ether oxygens (including phenoxy) is 2. The Kier molecular flexibility index (Phi) is 5.75. The third-order valence-corrected chi connectivity index (χ3v) is 4.46. The highest BCUT2D eigenvalue weighted by Gasteiger charge is 2.22. The first-order valence-corrected chi connectivity index (χ1v) is 8.61. The number of carbonyl (C=O) groups excluding carboxylic acids is 1. The molecular formula is C19H21N3O5. The summed E-state index contributed by atoms with van der Waals surface area (Å²) in [7, 11) is 1.35. The van der Waals surface area contributed by atoms with Crippen molar-refractivity contribution in [2.24, 2.45) is 0 Å². The van der Waals surface area contributed by atoms with Crippen molar-refractivity contribution in [2.45, 2.75) is 0 Å². The van der Waals surface area contributed by atoms with Crippen molar-refractivity contribution in [3.63, 3.8) is 0 Å². The molecule has 0 N–H and O–H groups in total. The van der Waals surface area contributed by atoms with Crippen LogP contribution in [-0.2, 0) is 4.79 Å². The SMILES string of the molecule is COc1cc(OCC(=O)N2CCN(c3ccccc3)CC2)ccc1[N+](=O)[O-]. The minimum atomic E-state index is -0.528. The highest BCUT2D eigenvalue weighted by Crippen LogP contribution is 2.30. The number of piperazine rings is 1. The molecule has 0 spiro atoms. The van der Waals surface area contributed by atoms with Crippen LogP contribution in [0.5, 0.6) is 11.5 Å². The minimum Gasteiger partial charge on any atom is -0.490 e. The van der Waals surface area contributed by atoms with Crippen LogP contribution in [0.1, 0.15) is 0 Å². The molecule has 8 nitrogen and oxygen atoms in total. The van der Waals surface area contributed by atoms with E-state index >= 15 is 0 Å². The summed E-state index contributed by atoms with van der Waals surface area (Å²) in [6.45, 7) is 2.66. The number of nitrogens with zero attached hydrogens (tertiary/aromatic N) is 3. The van der Waals surface area contributed by atoms with E-state index in [0.717, 1.165) is 18.8 Å². The summed E-state index contributed by atoms with van der Waals surface area (Å²) in [5, 5.41) is 10.9. The van der Waals surface area contributed by atoms with Crippen LogP contribution in [0.25, 0.3) is 0 Å². The zero-order valence-electron chi connectivity index (χ0n) is 15.0. The quantitative estimate of drug-likeness (QED) is 0.572. The molecular weight excluding hydrogens is 350 g/mol. The number of anilines is 1. The average Bonchev–Trinajstić information content (AvgIpc) is 2.72. The van der Waals surface area contributed by atoms with Crippen molar-refractivity contribution in [3.8, 4) is 11.5 Å². The average molecular weight is 371 g/mol. The van der Waals surface area contributed by atoms with E-state index in [9.17, 15) is 14.9 Å². The van der Waals surface area contributed by atoms with Gasteiger partial charge in [-0.1, -0.05) is 18.2 Å². The third-order valence-electron chi connectivity index (χ3n) is 4.46. The fourth-order valence-corrected chi connectivity index (χ4v) is 2.99. The fourth-order valence-electron chi connectivity index (χ4n) is 2.99. The van der Waals surface area contributed by atoms with Crippen LogP contribution in [0.15, 0.2) is 48.5 Å². The number of para-hydroxylation sites is 1. The molecule has 1 amide bonds. The molecule has 0 aliphatic carbocycles. The van der Waals surface area contributed by atoms with Gasteiger partial charge in [0.05, 0.1) is 12.0 Å². The number of carbonyl (C=O) groups is 1. The maximum atomic E-state index is 12.4. The molecule has 2 aromatic rings. The Hall–Kier alpha value is -3.29. The molecule has 3 rings (SSSR count). The summed E-state index contributed by atoms with van der Waals surface area (Å²) in [6, 6.07) is 14.3. The number of rotatable bonds is 6. The van der Waals surface area contributed by atoms with Crippen LogP contribution < -0.4 is 14.4 Å². The molecule has 1 saturated heterocycles. The molecule has 142 valence electrons. The normalized spacial score (nSPS) is 14.0. The summed E-state index contributed by atoms with van der Waals surface area (Å²) < 4.78 is 10.5. The zero-order chi connectivity index (χ0) is 19.2. The number of hydrogen-bond acceptors (Lipinski definition) is 6. The van der Waals surface area contributed by atoms with Crippen molar-refractivity contribution in [3.05, 3.63) is 58.6 Å². The van der Waals surface area contributed by atoms with Crippen molar-refractivity contribution in [1.29, 1.82) is 0 Å². The lowest BCUT2D eigenvalue weighted by Gasteiger charge is -2.36. The van der Waals surface area contributed by atoms with E-state index in [1.165, 1.54) is 25.3 Å². The fraction of sp³-hybridized carbons (Fsp3) is 0.316. The van der Waals surface area contributed by atoms with Crippen molar-refractivity contribution in [2.75, 3.05) is 44.8 Å². The third kappa shape index (κ3) is 4.46. The summed E-state index contributed by atoms with van der Waals surface area (Å²) >= 11 is 0. The van der Waals surface area contributed by atoms with E-state index in [0.29, 0.717) is 18.8 Å². The van der Waals surface area contributed by atoms with Gasteiger partial charge in [0.15, 0.2) is 6.61 Å². The Bertz CT molecular complexity index is 804. The van der Waals surface area contributed by atoms with Gasteiger partial charge in [0.25, 0.3) is 5.91 Å². The Morgan fingerprint density at radius 2 is 1.81 bits per heavy atom. The first-order valence-electron chi connectivity index (χ1n) is 8.61. The molecule has 1 aliphatic rings. The van der Waals surface area contributed by atoms with Gasteiger partial charge in [-0.15, -0.1) is 0 Å². The van der Waals surface area contributed by atoms with Gasteiger partial charge in [0.2, 0.25) is 5.75 Å². The van der Waals surface area contributed by atoms with Crippen LogP contribution >= 0.6 is 0 Å². The monoisotopic (exact) mass is 371 g/mol. The van der Waals surface area contributed by atoms with E-state index in [-0.39, 0.29) is 24.0 Å². The molecule has 0 unspecified atom stereocenters. The number of methoxy groups -OCH3 is 1. The minimum absolute atomic E-state index is 0.0985. The summed E-state index contributed by atoms with van der Waals surface area (Å²) in [6.07, 6.45) is 0. The molecule has 0 aromatic heterocycles. The molecule has 0 saturated carbocycles. The predicted octanol–water partition coefficient (Wildman–Crippen LogP) is 2.33. The van der Waals surface area contributed by atoms with Gasteiger partial charge in [0, 0.05) is 44.0 Å². The van der Waals surface area contributed by atoms with Crippen molar-refractivity contribution < 1.29 is 19.2 Å². The lowest BCUT2D eigenvalue weighted by molar-refractivity contribution is -0.385. The molecule has 2 aromatic carbocycles. The maximum Gasteiger partial charge on any atom is 0.311 e. The maximum absolute atomic E-state index is 12.4. The van der Waals surface area contributed by atoms with E-state index in [1.54, 1.807) is 4.90 Å². The first kappa shape index (κ1) is 18.5. The number of hydrogen-bond donors (Lipinski definition) is 0. The largest absolute Gasteiger partial charge is 0.490 e. The predicted molar refractivity (Wildman–Crippen MR) is 100 cm³/mol. The lowest BCUT2D eigenvalue weighted by atomic mass is 10.2. The molecule has 8 heteroatoms. The number of nitro groups is 1. The molecule has 0 radical (unpaired) electrons. The molecule has 0 bridgehead atoms. The molecule has 0 atom stereocenters. The first-order chi connectivity index (χ1) is 13.1. The Morgan fingerprint density at radius 1 is 1.11 bits per heavy atom. The van der Waals surface area contributed by atoms with Gasteiger partial charge >= 0.3 is 5.69 Å². The molecule has 1 heterocycles. The van der Waals surface area contributed by atoms with Crippen LogP contribution in [-0.4, -0.2) is 55.6 Å². The summed E-state index contributed by atoms with van der Waals surface area (Å²) in [5.74, 6) is 0.343. The number of nitro benzene ring substituents is 1. The smallest absolute Gasteiger partial charge is 0.311 e. The zero-order valence-corrected chi connectivity index (χ0v) is 15.0. The van der Waals surface area contributed by atoms with E-state index in [4.69, 9.17) is 9.47 Å². The van der Waals surface area contributed by atoms with Gasteiger partial charge in [-0.05, 0) is 18.2 Å². The van der Waals surface area contributed by atoms with Crippen LogP contribution in [0.3, 0.4) is 0 Å². The molecule has 27 heavy (non-hydrogen) atoms. The second kappa shape index (κ2) is 8.39. The van der Waals surface area contributed by atoms with Gasteiger partial charge in [-0.2, -0.15) is 0 Å². The highest BCUT2D eigenvalue weighted by atomic mass is 16.6. The topological polar surface area (TPSA) is 85.2 Å². The Morgan fingerprint density at radius 3 is 2.44 bits per heavy atom. The highest BCUT2D eigenvalue weighted by molar-refractivity contribution is 5.78. The van der Waals surface area contributed by atoms with Crippen LogP contribution in [0.4, 0.5) is 11.4 Å². The Labute approximate surface area is 157 Å². The van der Waals surface area contributed by atoms with E-state index in [1.807, 2.05) is 18.2 Å². The van der Waals surface area contributed by atoms with Crippen molar-refractivity contribution >= 4 is 17.3 Å². The lowest BCUT2D eigenvalue weighted by Crippen LogP contribution is -2.50. The molecule has 1 fully saturated rings. The van der Waals surface area contributed by atoms with Crippen LogP contribution in [0, 0.1) is 10.1 Å². The van der Waals surface area contributed by atoms with Gasteiger partial charge in [-0.25, -0.2) is 0 Å². The number of amides is 1. The van der Waals surface area contributed by atoms with Gasteiger partial charge < -0.3 is 19.3 Å². The van der Waals surface area contributed by atoms with E-state index in [2.05, 4.69) is 17.0 Å². The summed E-state index contributed by atoms with van der Waals surface area (Å²) in [4.78, 5) is 26.8. The second-order valence-electron chi connectivity index (χ2n) is 6.08. The van der Waals surface area contributed by atoms with E-state index < -0.39 is 4.92 Å². The van der Waals surface area contributed by atoms with Gasteiger partial charge in [-0.3, -0.25) is 14.9 Å². The summed E-state index contributed by atoms with van der Waals surface area (Å²) in [5.41, 5.74) is 1.01.